The molecule has 0 aliphatic carbocycles. The quantitative estimate of drug-likeness (QED) is 0.0506. The van der Waals surface area contributed by atoms with E-state index in [1.165, 1.54) is 13.8 Å². The molecule has 0 saturated carbocycles. The Bertz CT molecular complexity index is 1450. The maximum absolute atomic E-state index is 12.7. The SMILES string of the molecule is CCC(CC(C)C(=O)OCC(O)COC[C@@H]1O[C@H](C)C(O)C(O)[C@H]1O[C@@H]1OC(CO)[C@H](O[C@H]2O[C@@H](CO)[C@H](O[C@@H]3OC(CO)[C@H](C)[C@@H](O)C3O)C(O)C2O)[C@@H](O)C1O)N1CCCC1=O. The van der Waals surface area contributed by atoms with Gasteiger partial charge in [-0.05, 0) is 26.2 Å². The number of carbonyl (C=O) groups excluding carboxylic acids is 2. The van der Waals surface area contributed by atoms with E-state index in [1.807, 2.05) is 6.92 Å². The number of likely N-dealkylation sites (tertiary alicyclic amines) is 1. The number of amides is 1. The molecule has 5 fully saturated rings. The smallest absolute Gasteiger partial charge is 0.308 e. The van der Waals surface area contributed by atoms with E-state index in [0.717, 1.165) is 6.42 Å². The average Bonchev–Trinajstić information content (AvgIpc) is 3.71. The predicted octanol–water partition coefficient (Wildman–Crippen LogP) is -6.05. The number of rotatable bonds is 20. The van der Waals surface area contributed by atoms with Crippen molar-refractivity contribution in [2.24, 2.45) is 11.8 Å². The van der Waals surface area contributed by atoms with Gasteiger partial charge < -0.3 is 109 Å². The van der Waals surface area contributed by atoms with Crippen LogP contribution in [0, 0.1) is 11.8 Å². The molecule has 64 heavy (non-hydrogen) atoms. The summed E-state index contributed by atoms with van der Waals surface area (Å²) in [4.78, 5) is 26.7. The molecule has 5 saturated heterocycles. The molecule has 11 unspecified atom stereocenters. The third-order valence-electron chi connectivity index (χ3n) is 12.7. The molecule has 0 aromatic heterocycles. The van der Waals surface area contributed by atoms with Crippen molar-refractivity contribution in [3.8, 4) is 0 Å². The minimum absolute atomic E-state index is 0.0563. The van der Waals surface area contributed by atoms with Crippen molar-refractivity contribution in [3.05, 3.63) is 0 Å². The van der Waals surface area contributed by atoms with Gasteiger partial charge in [-0.15, -0.1) is 0 Å². The van der Waals surface area contributed by atoms with E-state index in [9.17, 15) is 70.9 Å². The van der Waals surface area contributed by atoms with E-state index in [0.29, 0.717) is 25.8 Å². The lowest BCUT2D eigenvalue weighted by Crippen LogP contribution is -2.67. The van der Waals surface area contributed by atoms with E-state index in [-0.39, 0.29) is 25.2 Å². The van der Waals surface area contributed by atoms with Crippen molar-refractivity contribution in [3.63, 3.8) is 0 Å². The van der Waals surface area contributed by atoms with Crippen molar-refractivity contribution in [2.45, 2.75) is 182 Å². The number of ether oxygens (including phenoxy) is 9. The number of aliphatic hydroxyl groups excluding tert-OH is 12. The van der Waals surface area contributed by atoms with Gasteiger partial charge in [0.05, 0.1) is 57.3 Å². The van der Waals surface area contributed by atoms with E-state index < -0.39 is 167 Å². The fourth-order valence-corrected chi connectivity index (χ4v) is 8.71. The van der Waals surface area contributed by atoms with E-state index in [1.54, 1.807) is 11.8 Å². The average molecular weight is 932 g/mol. The van der Waals surface area contributed by atoms with Gasteiger partial charge in [-0.1, -0.05) is 20.8 Å². The third kappa shape index (κ3) is 12.2. The molecule has 24 heteroatoms. The summed E-state index contributed by atoms with van der Waals surface area (Å²) in [5.74, 6) is -1.76. The molecule has 5 aliphatic heterocycles. The summed E-state index contributed by atoms with van der Waals surface area (Å²) >= 11 is 0. The van der Waals surface area contributed by atoms with Crippen LogP contribution in [0.5, 0.6) is 0 Å². The van der Waals surface area contributed by atoms with Gasteiger partial charge in [0.2, 0.25) is 5.91 Å². The molecule has 5 rings (SSSR count). The molecule has 12 N–H and O–H groups in total. The Morgan fingerprint density at radius 3 is 1.66 bits per heavy atom. The second kappa shape index (κ2) is 23.9. The normalized spacial score (nSPS) is 43.5. The third-order valence-corrected chi connectivity index (χ3v) is 12.7. The Morgan fingerprint density at radius 2 is 1.17 bits per heavy atom. The number of hydrogen-bond acceptors (Lipinski definition) is 23. The molecule has 1 amide bonds. The van der Waals surface area contributed by atoms with E-state index in [4.69, 9.17) is 42.6 Å². The lowest BCUT2D eigenvalue weighted by molar-refractivity contribution is -0.384. The number of esters is 1. The summed E-state index contributed by atoms with van der Waals surface area (Å²) in [7, 11) is 0. The molecule has 0 bridgehead atoms. The van der Waals surface area contributed by atoms with Crippen LogP contribution in [0.4, 0.5) is 0 Å². The van der Waals surface area contributed by atoms with Crippen molar-refractivity contribution < 1.29 is 113 Å². The first kappa shape index (κ1) is 53.1. The zero-order valence-corrected chi connectivity index (χ0v) is 36.4. The summed E-state index contributed by atoms with van der Waals surface area (Å²) in [6, 6.07) is -0.110. The minimum atomic E-state index is -2.01. The Morgan fingerprint density at radius 1 is 0.688 bits per heavy atom. The molecule has 5 heterocycles. The lowest BCUT2D eigenvalue weighted by Gasteiger charge is -2.49. The van der Waals surface area contributed by atoms with Crippen molar-refractivity contribution in [1.82, 2.24) is 4.90 Å². The molecule has 24 nitrogen and oxygen atoms in total. The topological polar surface area (TPSA) is 363 Å². The monoisotopic (exact) mass is 931 g/mol. The Hall–Kier alpha value is -1.86. The van der Waals surface area contributed by atoms with Crippen LogP contribution >= 0.6 is 0 Å². The zero-order valence-electron chi connectivity index (χ0n) is 36.4. The van der Waals surface area contributed by atoms with Crippen LogP contribution in [0.25, 0.3) is 0 Å². The van der Waals surface area contributed by atoms with Gasteiger partial charge in [-0.3, -0.25) is 9.59 Å². The van der Waals surface area contributed by atoms with Crippen LogP contribution in [-0.4, -0.2) is 253 Å². The Labute approximate surface area is 370 Å². The molecule has 0 radical (unpaired) electrons. The van der Waals surface area contributed by atoms with Gasteiger partial charge in [-0.2, -0.15) is 0 Å². The Balaban J connectivity index is 1.15. The van der Waals surface area contributed by atoms with Gasteiger partial charge >= 0.3 is 5.97 Å². The van der Waals surface area contributed by atoms with Crippen LogP contribution in [0.3, 0.4) is 0 Å². The molecular formula is C40H69NO23. The molecule has 23 atom stereocenters. The molecule has 0 aromatic rings. The molecule has 5 aliphatic rings. The van der Waals surface area contributed by atoms with Crippen LogP contribution in [0.15, 0.2) is 0 Å². The second-order valence-corrected chi connectivity index (χ2v) is 17.4. The van der Waals surface area contributed by atoms with Gasteiger partial charge in [0, 0.05) is 24.9 Å². The van der Waals surface area contributed by atoms with E-state index in [2.05, 4.69) is 0 Å². The molecular weight excluding hydrogens is 862 g/mol. The summed E-state index contributed by atoms with van der Waals surface area (Å²) in [6.07, 6.45) is -29.4. The van der Waals surface area contributed by atoms with Gasteiger partial charge in [0.1, 0.15) is 92.1 Å². The highest BCUT2D eigenvalue weighted by molar-refractivity contribution is 5.78. The minimum Gasteiger partial charge on any atom is -0.463 e. The van der Waals surface area contributed by atoms with Crippen LogP contribution in [0.2, 0.25) is 0 Å². The number of hydrogen-bond donors (Lipinski definition) is 12. The predicted molar refractivity (Wildman–Crippen MR) is 210 cm³/mol. The van der Waals surface area contributed by atoms with Crippen LogP contribution < -0.4 is 0 Å². The summed E-state index contributed by atoms with van der Waals surface area (Å²) in [5, 5.41) is 128. The largest absolute Gasteiger partial charge is 0.463 e. The molecule has 0 spiro atoms. The zero-order chi connectivity index (χ0) is 47.2. The summed E-state index contributed by atoms with van der Waals surface area (Å²) < 4.78 is 50.9. The fourth-order valence-electron chi connectivity index (χ4n) is 8.71. The maximum Gasteiger partial charge on any atom is 0.308 e. The highest BCUT2D eigenvalue weighted by Gasteiger charge is 2.55. The summed E-state index contributed by atoms with van der Waals surface area (Å²) in [5.41, 5.74) is 0. The highest BCUT2D eigenvalue weighted by atomic mass is 16.8. The van der Waals surface area contributed by atoms with Crippen LogP contribution in [0.1, 0.15) is 53.4 Å². The number of aliphatic hydroxyl groups is 12. The van der Waals surface area contributed by atoms with Crippen LogP contribution in [-0.2, 0) is 52.2 Å². The number of nitrogens with zero attached hydrogens (tertiary/aromatic N) is 1. The Kier molecular flexibility index (Phi) is 19.8. The fraction of sp³-hybridized carbons (Fsp3) is 0.950. The van der Waals surface area contributed by atoms with Gasteiger partial charge in [0.15, 0.2) is 18.9 Å². The first-order chi connectivity index (χ1) is 30.4. The van der Waals surface area contributed by atoms with Gasteiger partial charge in [0.25, 0.3) is 0 Å². The lowest BCUT2D eigenvalue weighted by atomic mass is 9.91. The second-order valence-electron chi connectivity index (χ2n) is 17.4. The standard InChI is InChI=1S/C40H69NO23/c1-5-19(41-8-6-7-25(41)46)9-16(2)37(55)57-14-20(45)13-56-15-24-36(28(49)27(48)18(4)58-24)64-40-33(54)30(51)35(23(12-44)61-40)63-39-32(53)29(50)34(22(11-43)60-39)62-38-31(52)26(47)17(3)21(10-42)59-38/h16-24,26-36,38-40,42-45,47-54H,5-15H2,1-4H3/t16?,17-,18+,19?,20?,21?,22-,23?,24-,26+,27?,28?,29?,30-,31?,32?,33?,34-,35-,36-,38-,39+,40-/m0/s1. The first-order valence-electron chi connectivity index (χ1n) is 21.9. The number of carbonyl (C=O) groups is 2. The highest BCUT2D eigenvalue weighted by Crippen LogP contribution is 2.35. The molecule has 0 aromatic carbocycles. The van der Waals surface area contributed by atoms with Gasteiger partial charge in [-0.25, -0.2) is 0 Å². The van der Waals surface area contributed by atoms with Crippen molar-refractivity contribution >= 4 is 11.9 Å². The summed E-state index contributed by atoms with van der Waals surface area (Å²) in [6.45, 7) is 3.80. The molecule has 372 valence electrons. The van der Waals surface area contributed by atoms with E-state index >= 15 is 0 Å². The maximum atomic E-state index is 12.7. The van der Waals surface area contributed by atoms with Crippen molar-refractivity contribution in [2.75, 3.05) is 46.2 Å². The first-order valence-corrected chi connectivity index (χ1v) is 21.9. The van der Waals surface area contributed by atoms with Crippen molar-refractivity contribution in [1.29, 1.82) is 0 Å².